The van der Waals surface area contributed by atoms with Crippen LogP contribution in [0, 0.1) is 0 Å². The Hall–Kier alpha value is -2.11. The molecular formula is C15H21N5O. The number of fused-ring (bicyclic) bond motifs is 1. The minimum atomic E-state index is -0.117. The third-order valence-corrected chi connectivity index (χ3v) is 3.99. The lowest BCUT2D eigenvalue weighted by Crippen LogP contribution is -2.33. The van der Waals surface area contributed by atoms with Gasteiger partial charge in [0.05, 0.1) is 6.20 Å². The smallest absolute Gasteiger partial charge is 0.270 e. The van der Waals surface area contributed by atoms with Gasteiger partial charge in [-0.25, -0.2) is 4.98 Å². The molecule has 6 nitrogen and oxygen atoms in total. The summed E-state index contributed by atoms with van der Waals surface area (Å²) < 4.78 is 1.81. The topological polar surface area (TPSA) is 62.5 Å². The van der Waals surface area contributed by atoms with Crippen LogP contribution in [0.3, 0.4) is 0 Å². The number of rotatable bonds is 4. The lowest BCUT2D eigenvalue weighted by atomic mass is 10.2. The summed E-state index contributed by atoms with van der Waals surface area (Å²) in [7, 11) is 0. The summed E-state index contributed by atoms with van der Waals surface area (Å²) in [6.45, 7) is 6.06. The molecule has 1 saturated heterocycles. The van der Waals surface area contributed by atoms with Crippen molar-refractivity contribution in [2.45, 2.75) is 39.2 Å². The molecule has 1 aliphatic heterocycles. The van der Waals surface area contributed by atoms with Crippen LogP contribution in [0.15, 0.2) is 18.3 Å². The number of carbonyl (C=O) groups excluding carboxylic acids is 1. The van der Waals surface area contributed by atoms with Gasteiger partial charge in [0.15, 0.2) is 5.65 Å². The highest BCUT2D eigenvalue weighted by Crippen LogP contribution is 2.21. The molecule has 1 aliphatic rings. The molecule has 1 amide bonds. The second-order valence-electron chi connectivity index (χ2n) is 5.58. The monoisotopic (exact) mass is 287 g/mol. The van der Waals surface area contributed by atoms with Gasteiger partial charge >= 0.3 is 0 Å². The number of nitrogens with zero attached hydrogens (tertiary/aromatic N) is 4. The number of amides is 1. The number of hydrogen-bond acceptors (Lipinski definition) is 4. The maximum absolute atomic E-state index is 12.3. The zero-order valence-electron chi connectivity index (χ0n) is 12.5. The lowest BCUT2D eigenvalue weighted by molar-refractivity contribution is 0.0934. The van der Waals surface area contributed by atoms with Crippen molar-refractivity contribution in [2.75, 3.05) is 18.0 Å². The largest absolute Gasteiger partial charge is 0.356 e. The highest BCUT2D eigenvalue weighted by molar-refractivity contribution is 5.93. The van der Waals surface area contributed by atoms with E-state index in [0.717, 1.165) is 25.3 Å². The molecular weight excluding hydrogens is 266 g/mol. The Labute approximate surface area is 124 Å². The number of hydrogen-bond donors (Lipinski definition) is 1. The number of nitrogens with one attached hydrogen (secondary N) is 1. The van der Waals surface area contributed by atoms with Gasteiger partial charge in [0.25, 0.3) is 5.91 Å². The van der Waals surface area contributed by atoms with Crippen LogP contribution in [0.2, 0.25) is 0 Å². The Morgan fingerprint density at radius 1 is 1.43 bits per heavy atom. The minimum Gasteiger partial charge on any atom is -0.356 e. The molecule has 1 unspecified atom stereocenters. The molecule has 1 fully saturated rings. The summed E-state index contributed by atoms with van der Waals surface area (Å²) in [5, 5.41) is 7.29. The van der Waals surface area contributed by atoms with Gasteiger partial charge in [-0.15, -0.1) is 0 Å². The average Bonchev–Trinajstić information content (AvgIpc) is 3.16. The van der Waals surface area contributed by atoms with Gasteiger partial charge in [-0.2, -0.15) is 9.61 Å². The van der Waals surface area contributed by atoms with Crippen molar-refractivity contribution in [3.8, 4) is 0 Å². The summed E-state index contributed by atoms with van der Waals surface area (Å²) >= 11 is 0. The van der Waals surface area contributed by atoms with E-state index in [4.69, 9.17) is 0 Å². The molecule has 21 heavy (non-hydrogen) atoms. The quantitative estimate of drug-likeness (QED) is 0.932. The Bertz CT molecular complexity index is 645. The third kappa shape index (κ3) is 2.70. The van der Waals surface area contributed by atoms with E-state index in [9.17, 15) is 4.79 Å². The molecule has 112 valence electrons. The van der Waals surface area contributed by atoms with Crippen molar-refractivity contribution in [1.29, 1.82) is 0 Å². The molecule has 2 aromatic heterocycles. The van der Waals surface area contributed by atoms with E-state index in [1.165, 1.54) is 12.8 Å². The van der Waals surface area contributed by atoms with Crippen LogP contribution in [0.25, 0.3) is 5.65 Å². The number of aromatic nitrogens is 3. The molecule has 0 radical (unpaired) electrons. The van der Waals surface area contributed by atoms with Gasteiger partial charge in [-0.1, -0.05) is 6.92 Å². The summed E-state index contributed by atoms with van der Waals surface area (Å²) in [6, 6.07) is 3.83. The van der Waals surface area contributed by atoms with Crippen molar-refractivity contribution in [1.82, 2.24) is 19.9 Å². The predicted octanol–water partition coefficient (Wildman–Crippen LogP) is 1.86. The zero-order valence-corrected chi connectivity index (χ0v) is 12.5. The van der Waals surface area contributed by atoms with Crippen molar-refractivity contribution >= 4 is 17.4 Å². The van der Waals surface area contributed by atoms with Crippen LogP contribution in [-0.2, 0) is 0 Å². The van der Waals surface area contributed by atoms with Crippen molar-refractivity contribution < 1.29 is 4.79 Å². The molecule has 2 aromatic rings. The Morgan fingerprint density at radius 2 is 2.19 bits per heavy atom. The van der Waals surface area contributed by atoms with Gasteiger partial charge in [-0.05, 0) is 26.2 Å². The molecule has 3 rings (SSSR count). The van der Waals surface area contributed by atoms with E-state index in [2.05, 4.69) is 20.3 Å². The summed E-state index contributed by atoms with van der Waals surface area (Å²) in [4.78, 5) is 19.0. The molecule has 0 aromatic carbocycles. The highest BCUT2D eigenvalue weighted by Gasteiger charge is 2.20. The number of carbonyl (C=O) groups is 1. The van der Waals surface area contributed by atoms with Gasteiger partial charge in [-0.3, -0.25) is 4.79 Å². The SMILES string of the molecule is CCC(C)NC(=O)c1cc(N2CCCC2)n2nccc2n1. The van der Waals surface area contributed by atoms with Crippen LogP contribution in [0.1, 0.15) is 43.6 Å². The van der Waals surface area contributed by atoms with Crippen molar-refractivity contribution in [2.24, 2.45) is 0 Å². The first-order valence-corrected chi connectivity index (χ1v) is 7.59. The van der Waals surface area contributed by atoms with Crippen LogP contribution in [0.5, 0.6) is 0 Å². The fourth-order valence-electron chi connectivity index (χ4n) is 2.58. The molecule has 1 atom stereocenters. The van der Waals surface area contributed by atoms with E-state index in [0.29, 0.717) is 11.3 Å². The van der Waals surface area contributed by atoms with Crippen molar-refractivity contribution in [3.63, 3.8) is 0 Å². The standard InChI is InChI=1S/C15H21N5O/c1-3-11(2)17-15(21)12-10-14(19-8-4-5-9-19)20-13(18-12)6-7-16-20/h6-7,10-11H,3-5,8-9H2,1-2H3,(H,17,21). The maximum atomic E-state index is 12.3. The fraction of sp³-hybridized carbons (Fsp3) is 0.533. The van der Waals surface area contributed by atoms with Gasteiger partial charge in [0, 0.05) is 31.3 Å². The first-order chi connectivity index (χ1) is 10.2. The normalized spacial score (nSPS) is 16.4. The maximum Gasteiger partial charge on any atom is 0.270 e. The van der Waals surface area contributed by atoms with E-state index in [-0.39, 0.29) is 11.9 Å². The fourth-order valence-corrected chi connectivity index (χ4v) is 2.58. The van der Waals surface area contributed by atoms with Crippen LogP contribution in [-0.4, -0.2) is 39.6 Å². The van der Waals surface area contributed by atoms with Gasteiger partial charge in [0.1, 0.15) is 11.5 Å². The molecule has 3 heterocycles. The molecule has 1 N–H and O–H groups in total. The lowest BCUT2D eigenvalue weighted by Gasteiger charge is -2.19. The third-order valence-electron chi connectivity index (χ3n) is 3.99. The van der Waals surface area contributed by atoms with Crippen LogP contribution >= 0.6 is 0 Å². The molecule has 0 bridgehead atoms. The Morgan fingerprint density at radius 3 is 2.90 bits per heavy atom. The van der Waals surface area contributed by atoms with Gasteiger partial charge < -0.3 is 10.2 Å². The highest BCUT2D eigenvalue weighted by atomic mass is 16.1. The molecule has 0 aliphatic carbocycles. The zero-order chi connectivity index (χ0) is 14.8. The second-order valence-corrected chi connectivity index (χ2v) is 5.58. The van der Waals surface area contributed by atoms with E-state index in [1.54, 1.807) is 6.20 Å². The first kappa shape index (κ1) is 13.9. The summed E-state index contributed by atoms with van der Waals surface area (Å²) in [5.41, 5.74) is 1.18. The Kier molecular flexibility index (Phi) is 3.77. The molecule has 6 heteroatoms. The van der Waals surface area contributed by atoms with Crippen LogP contribution < -0.4 is 10.2 Å². The van der Waals surface area contributed by atoms with Crippen molar-refractivity contribution in [3.05, 3.63) is 24.0 Å². The average molecular weight is 287 g/mol. The summed E-state index contributed by atoms with van der Waals surface area (Å²) in [6.07, 6.45) is 4.98. The number of anilines is 1. The molecule has 0 spiro atoms. The van der Waals surface area contributed by atoms with E-state index in [1.807, 2.05) is 30.5 Å². The second kappa shape index (κ2) is 5.71. The van der Waals surface area contributed by atoms with E-state index >= 15 is 0 Å². The van der Waals surface area contributed by atoms with E-state index < -0.39 is 0 Å². The van der Waals surface area contributed by atoms with Crippen LogP contribution in [0.4, 0.5) is 5.82 Å². The Balaban J connectivity index is 1.97. The first-order valence-electron chi connectivity index (χ1n) is 7.59. The predicted molar refractivity (Wildman–Crippen MR) is 81.7 cm³/mol. The van der Waals surface area contributed by atoms with Gasteiger partial charge in [0.2, 0.25) is 0 Å². The molecule has 0 saturated carbocycles. The minimum absolute atomic E-state index is 0.117. The summed E-state index contributed by atoms with van der Waals surface area (Å²) in [5.74, 6) is 0.838.